The number of piperazine rings is 1. The Bertz CT molecular complexity index is 3420. The molecule has 0 spiro atoms. The van der Waals surface area contributed by atoms with Crippen LogP contribution in [0.3, 0.4) is 0 Å². The number of ether oxygens (including phenoxy) is 2. The Morgan fingerprint density at radius 2 is 1.59 bits per heavy atom. The van der Waals surface area contributed by atoms with E-state index < -0.39 is 31.0 Å². The normalized spacial score (nSPS) is 13.7. The average Bonchev–Trinajstić information content (AvgIpc) is 3.82. The van der Waals surface area contributed by atoms with Crippen LogP contribution in [0.15, 0.2) is 125 Å². The Morgan fingerprint density at radius 1 is 0.859 bits per heavy atom. The average molecular weight is 1120 g/mol. The van der Waals surface area contributed by atoms with E-state index in [1.165, 1.54) is 10.5 Å². The summed E-state index contributed by atoms with van der Waals surface area (Å²) in [6.45, 7) is 10.7. The molecule has 5 aromatic carbocycles. The van der Waals surface area contributed by atoms with E-state index in [-0.39, 0.29) is 46.3 Å². The van der Waals surface area contributed by atoms with Gasteiger partial charge in [0.05, 0.1) is 26.9 Å². The number of sulfonamides is 1. The van der Waals surface area contributed by atoms with E-state index in [1.807, 2.05) is 49.4 Å². The first-order chi connectivity index (χ1) is 37.5. The van der Waals surface area contributed by atoms with Gasteiger partial charge in [-0.15, -0.1) is 5.10 Å². The summed E-state index contributed by atoms with van der Waals surface area (Å²) in [7, 11) is -4.02. The number of halogens is 1. The zero-order valence-corrected chi connectivity index (χ0v) is 46.8. The molecule has 412 valence electrons. The molecule has 1 amide bonds. The lowest BCUT2D eigenvalue weighted by molar-refractivity contribution is -0.129. The molecular formula is C56H66ClN11O8S2. The molecule has 3 heterocycles. The predicted octanol–water partition coefficient (Wildman–Crippen LogP) is 8.39. The number of nitrogens with zero attached hydrogens (tertiary/aromatic N) is 8. The minimum Gasteiger partial charge on any atom is -0.481 e. The quantitative estimate of drug-likeness (QED) is 0.0342. The van der Waals surface area contributed by atoms with Crippen molar-refractivity contribution in [3.8, 4) is 5.75 Å². The van der Waals surface area contributed by atoms with E-state index in [1.54, 1.807) is 87.2 Å². The molecule has 22 heteroatoms. The Labute approximate surface area is 461 Å². The van der Waals surface area contributed by atoms with Gasteiger partial charge in [-0.1, -0.05) is 78.2 Å². The molecule has 0 aliphatic carbocycles. The first kappa shape index (κ1) is 57.0. The molecule has 0 saturated carbocycles. The predicted molar refractivity (Wildman–Crippen MR) is 303 cm³/mol. The van der Waals surface area contributed by atoms with Crippen LogP contribution >= 0.6 is 11.6 Å². The van der Waals surface area contributed by atoms with Crippen molar-refractivity contribution in [2.24, 2.45) is 7.05 Å². The second-order valence-electron chi connectivity index (χ2n) is 19.5. The number of rotatable bonds is 26. The summed E-state index contributed by atoms with van der Waals surface area (Å²) >= 11 is 6.44. The number of aromatic nitrogens is 5. The van der Waals surface area contributed by atoms with E-state index >= 15 is 0 Å². The maximum absolute atomic E-state index is 13.4. The molecule has 1 fully saturated rings. The molecule has 1 unspecified atom stereocenters. The van der Waals surface area contributed by atoms with Crippen molar-refractivity contribution in [3.63, 3.8) is 0 Å². The zero-order valence-electron chi connectivity index (χ0n) is 44.4. The number of anilines is 5. The summed E-state index contributed by atoms with van der Waals surface area (Å²) in [4.78, 5) is 38.7. The molecule has 8 rings (SSSR count). The lowest BCUT2D eigenvalue weighted by Crippen LogP contribution is -2.46. The fourth-order valence-electron chi connectivity index (χ4n) is 9.25. The topological polar surface area (TPSA) is 223 Å². The smallest absolute Gasteiger partial charge is 0.293 e. The summed E-state index contributed by atoms with van der Waals surface area (Å²) < 4.78 is 67.2. The fraction of sp³-hybridized carbons (Fsp3) is 0.357. The summed E-state index contributed by atoms with van der Waals surface area (Å²) in [5, 5.41) is 17.5. The van der Waals surface area contributed by atoms with Crippen LogP contribution in [0.2, 0.25) is 5.02 Å². The van der Waals surface area contributed by atoms with Crippen LogP contribution in [0.1, 0.15) is 67.7 Å². The van der Waals surface area contributed by atoms with Crippen LogP contribution in [0.4, 0.5) is 28.8 Å². The summed E-state index contributed by atoms with van der Waals surface area (Å²) in [6, 6.07) is 32.5. The molecule has 1 saturated heterocycles. The fourth-order valence-corrected chi connectivity index (χ4v) is 11.8. The molecule has 2 aromatic heterocycles. The van der Waals surface area contributed by atoms with Crippen LogP contribution in [-0.4, -0.2) is 128 Å². The first-order valence-corrected chi connectivity index (χ1v) is 29.2. The van der Waals surface area contributed by atoms with Crippen LogP contribution in [-0.2, 0) is 47.8 Å². The van der Waals surface area contributed by atoms with Crippen LogP contribution in [0, 0.1) is 6.92 Å². The molecule has 1 atom stereocenters. The van der Waals surface area contributed by atoms with Crippen molar-refractivity contribution in [2.75, 3.05) is 75.1 Å². The third-order valence-corrected chi connectivity index (χ3v) is 18.1. The third-order valence-electron chi connectivity index (χ3n) is 13.8. The minimum atomic E-state index is -3.75. The second kappa shape index (κ2) is 26.0. The summed E-state index contributed by atoms with van der Waals surface area (Å²) in [5.41, 5.74) is 6.61. The maximum atomic E-state index is 13.4. The van der Waals surface area contributed by atoms with Gasteiger partial charge in [0.2, 0.25) is 16.0 Å². The Kier molecular flexibility index (Phi) is 19.0. The maximum Gasteiger partial charge on any atom is 0.293 e. The van der Waals surface area contributed by atoms with Crippen LogP contribution in [0.25, 0.3) is 11.0 Å². The SMILES string of the molecule is Cc1ccc(C(COC=O)c2cc(OCC(=O)NCCCCCCN3CCN(c4ccc(Nc5ncc(Cl)c(Nc6ccccc6S(=O)(=O)C(C)C)n5)cc4)CC3)c3c(c2)nnn3C)cc1CN(C)S(=O)(=O)c1ccccc1. The number of unbranched alkanes of at least 4 members (excludes halogenated alkanes) is 3. The summed E-state index contributed by atoms with van der Waals surface area (Å²) in [5.74, 6) is 0.242. The highest BCUT2D eigenvalue weighted by molar-refractivity contribution is 7.92. The molecule has 0 bridgehead atoms. The number of carbonyl (C=O) groups excluding carboxylic acids is 2. The number of sulfone groups is 1. The van der Waals surface area contributed by atoms with Gasteiger partial charge in [0.1, 0.15) is 28.4 Å². The van der Waals surface area contributed by atoms with Gasteiger partial charge in [-0.25, -0.2) is 26.5 Å². The van der Waals surface area contributed by atoms with Gasteiger partial charge < -0.3 is 30.3 Å². The number of hydrogen-bond donors (Lipinski definition) is 3. The van der Waals surface area contributed by atoms with E-state index in [0.29, 0.717) is 47.0 Å². The molecular weight excluding hydrogens is 1050 g/mol. The largest absolute Gasteiger partial charge is 0.481 e. The highest BCUT2D eigenvalue weighted by Gasteiger charge is 2.26. The highest BCUT2D eigenvalue weighted by atomic mass is 35.5. The molecule has 78 heavy (non-hydrogen) atoms. The zero-order chi connectivity index (χ0) is 55.4. The first-order valence-electron chi connectivity index (χ1n) is 25.9. The van der Waals surface area contributed by atoms with Crippen molar-refractivity contribution >= 4 is 83.7 Å². The number of aryl methyl sites for hydroxylation is 2. The number of amides is 1. The molecule has 0 radical (unpaired) electrons. The van der Waals surface area contributed by atoms with Crippen LogP contribution < -0.4 is 25.6 Å². The van der Waals surface area contributed by atoms with Crippen molar-refractivity contribution in [3.05, 3.63) is 143 Å². The number of fused-ring (bicyclic) bond motifs is 1. The standard InChI is InChI=1S/C56H66ClN11O8S2/c1-39(2)77(71,72)52-18-12-11-17-49(52)61-55-48(57)34-59-56(62-55)60-44-21-23-45(24-22-44)68-29-27-67(28-30-68)26-14-7-6-13-25-58-53(70)37-76-51-33-42(32-50-54(51)66(5)64-63-50)47(36-75-38-69)41-20-19-40(3)43(31-41)35-65(4)78(73,74)46-15-9-8-10-16-46/h8-12,15-24,31-34,38-39,47H,6-7,13-14,25-30,35-37H2,1-5H3,(H,58,70)(H2,59,60,61,62). The van der Waals surface area contributed by atoms with E-state index in [2.05, 4.69) is 58.2 Å². The van der Waals surface area contributed by atoms with E-state index in [9.17, 15) is 26.4 Å². The van der Waals surface area contributed by atoms with E-state index in [0.717, 1.165) is 86.5 Å². The molecule has 1 aliphatic rings. The monoisotopic (exact) mass is 1120 g/mol. The summed E-state index contributed by atoms with van der Waals surface area (Å²) in [6.07, 6.45) is 5.39. The Hall–Kier alpha value is -7.17. The Morgan fingerprint density at radius 3 is 2.33 bits per heavy atom. The molecule has 1 aliphatic heterocycles. The van der Waals surface area contributed by atoms with Gasteiger partial charge in [-0.3, -0.25) is 14.5 Å². The third kappa shape index (κ3) is 14.1. The van der Waals surface area contributed by atoms with Gasteiger partial charge in [0.15, 0.2) is 22.3 Å². The van der Waals surface area contributed by atoms with Gasteiger partial charge in [-0.2, -0.15) is 9.29 Å². The second-order valence-corrected chi connectivity index (χ2v) is 24.4. The number of nitrogens with one attached hydrogen (secondary N) is 3. The van der Waals surface area contributed by atoms with Crippen molar-refractivity contribution in [1.82, 2.24) is 39.5 Å². The molecule has 7 aromatic rings. The van der Waals surface area contributed by atoms with Crippen molar-refractivity contribution in [1.29, 1.82) is 0 Å². The number of carbonyl (C=O) groups is 2. The number of para-hydroxylation sites is 1. The van der Waals surface area contributed by atoms with Crippen molar-refractivity contribution < 1.29 is 35.9 Å². The van der Waals surface area contributed by atoms with Gasteiger partial charge >= 0.3 is 0 Å². The minimum absolute atomic E-state index is 0.0101. The molecule has 3 N–H and O–H groups in total. The van der Waals surface area contributed by atoms with Gasteiger partial charge in [0.25, 0.3) is 12.4 Å². The number of hydrogen-bond acceptors (Lipinski definition) is 16. The van der Waals surface area contributed by atoms with E-state index in [4.69, 9.17) is 21.1 Å². The Balaban J connectivity index is 0.765. The van der Waals surface area contributed by atoms with Crippen LogP contribution in [0.5, 0.6) is 5.75 Å². The van der Waals surface area contributed by atoms with Gasteiger partial charge in [0, 0.05) is 70.7 Å². The lowest BCUT2D eigenvalue weighted by Gasteiger charge is -2.36. The lowest BCUT2D eigenvalue weighted by atomic mass is 9.89. The molecule has 19 nitrogen and oxygen atoms in total. The van der Waals surface area contributed by atoms with Crippen molar-refractivity contribution in [2.45, 2.75) is 74.0 Å². The highest BCUT2D eigenvalue weighted by Crippen LogP contribution is 2.35. The van der Waals surface area contributed by atoms with Gasteiger partial charge in [-0.05, 0) is 123 Å². The number of benzene rings is 5.